The van der Waals surface area contributed by atoms with E-state index in [1.807, 2.05) is 11.8 Å². The van der Waals surface area contributed by atoms with Crippen LogP contribution >= 0.6 is 0 Å². The highest BCUT2D eigenvalue weighted by Crippen LogP contribution is 2.31. The first-order valence-corrected chi connectivity index (χ1v) is 9.00. The van der Waals surface area contributed by atoms with Crippen molar-refractivity contribution in [1.82, 2.24) is 9.80 Å². The van der Waals surface area contributed by atoms with E-state index < -0.39 is 11.4 Å². The minimum atomic E-state index is -0.903. The van der Waals surface area contributed by atoms with Crippen LogP contribution in [0.15, 0.2) is 18.2 Å². The smallest absolute Gasteiger partial charge is 0.321 e. The Morgan fingerprint density at radius 2 is 1.81 bits per heavy atom. The second-order valence-electron chi connectivity index (χ2n) is 7.44. The van der Waals surface area contributed by atoms with Gasteiger partial charge in [-0.3, -0.25) is 9.59 Å². The van der Waals surface area contributed by atoms with E-state index in [2.05, 4.69) is 5.32 Å². The minimum absolute atomic E-state index is 0.00396. The van der Waals surface area contributed by atoms with Crippen molar-refractivity contribution in [2.45, 2.75) is 33.1 Å². The zero-order valence-corrected chi connectivity index (χ0v) is 15.2. The Hall–Kier alpha value is -2.57. The maximum absolute atomic E-state index is 12.7. The molecule has 2 aliphatic rings. The van der Waals surface area contributed by atoms with Crippen LogP contribution in [0.5, 0.6) is 0 Å². The van der Waals surface area contributed by atoms with Crippen molar-refractivity contribution in [2.24, 2.45) is 5.41 Å². The van der Waals surface area contributed by atoms with Crippen molar-refractivity contribution in [3.8, 4) is 0 Å². The summed E-state index contributed by atoms with van der Waals surface area (Å²) in [6.45, 7) is 5.61. The Morgan fingerprint density at radius 1 is 1.12 bits per heavy atom. The summed E-state index contributed by atoms with van der Waals surface area (Å²) in [7, 11) is 0. The summed E-state index contributed by atoms with van der Waals surface area (Å²) in [4.78, 5) is 39.9. The quantitative estimate of drug-likeness (QED) is 0.868. The van der Waals surface area contributed by atoms with Crippen LogP contribution in [0.4, 0.5) is 10.5 Å². The van der Waals surface area contributed by atoms with Gasteiger partial charge in [0, 0.05) is 37.4 Å². The van der Waals surface area contributed by atoms with E-state index in [9.17, 15) is 19.5 Å². The molecule has 3 rings (SSSR count). The van der Waals surface area contributed by atoms with Crippen molar-refractivity contribution >= 4 is 23.6 Å². The van der Waals surface area contributed by atoms with Crippen molar-refractivity contribution in [3.63, 3.8) is 0 Å². The molecule has 1 atom stereocenters. The van der Waals surface area contributed by atoms with Gasteiger partial charge in [0.05, 0.1) is 5.41 Å². The van der Waals surface area contributed by atoms with Gasteiger partial charge in [-0.1, -0.05) is 6.07 Å². The number of amides is 3. The number of hydrogen-bond acceptors (Lipinski definition) is 3. The van der Waals surface area contributed by atoms with Crippen LogP contribution < -0.4 is 5.32 Å². The number of nitrogens with zero attached hydrogens (tertiary/aromatic N) is 2. The fraction of sp³-hybridized carbons (Fsp3) is 0.526. The van der Waals surface area contributed by atoms with Gasteiger partial charge in [0.15, 0.2) is 0 Å². The number of carbonyl (C=O) groups is 3. The number of rotatable bonds is 3. The standard InChI is InChI=1S/C19H25N3O4/c1-13-14(16(23)21-9-3-4-10-21)6-5-7-15(13)20-18(26)22-11-8-19(2,12-22)17(24)25/h5-7H,3-4,8-12H2,1-2H3,(H,20,26)(H,24,25). The molecule has 0 aliphatic carbocycles. The third-order valence-corrected chi connectivity index (χ3v) is 5.48. The number of carboxylic acids is 1. The summed E-state index contributed by atoms with van der Waals surface area (Å²) in [5, 5.41) is 12.1. The molecular formula is C19H25N3O4. The fourth-order valence-corrected chi connectivity index (χ4v) is 3.60. The van der Waals surface area contributed by atoms with Gasteiger partial charge in [-0.15, -0.1) is 0 Å². The Morgan fingerprint density at radius 3 is 2.42 bits per heavy atom. The van der Waals surface area contributed by atoms with Gasteiger partial charge in [0.25, 0.3) is 5.91 Å². The molecule has 1 unspecified atom stereocenters. The SMILES string of the molecule is Cc1c(NC(=O)N2CCC(C)(C(=O)O)C2)cccc1C(=O)N1CCCC1. The molecular weight excluding hydrogens is 334 g/mol. The highest BCUT2D eigenvalue weighted by atomic mass is 16.4. The molecule has 7 heteroatoms. The Kier molecular flexibility index (Phi) is 4.89. The first-order valence-electron chi connectivity index (χ1n) is 9.00. The number of carbonyl (C=O) groups excluding carboxylic acids is 2. The first-order chi connectivity index (χ1) is 12.3. The van der Waals surface area contributed by atoms with Crippen molar-refractivity contribution < 1.29 is 19.5 Å². The zero-order chi connectivity index (χ0) is 18.9. The highest BCUT2D eigenvalue weighted by molar-refractivity contribution is 5.99. The Bertz CT molecular complexity index is 742. The lowest BCUT2D eigenvalue weighted by Crippen LogP contribution is -2.37. The summed E-state index contributed by atoms with van der Waals surface area (Å²) in [5.74, 6) is -0.891. The molecule has 0 aromatic heterocycles. The summed E-state index contributed by atoms with van der Waals surface area (Å²) in [6.07, 6.45) is 2.49. The number of anilines is 1. The molecule has 2 heterocycles. The first kappa shape index (κ1) is 18.2. The van der Waals surface area contributed by atoms with Crippen LogP contribution in [-0.4, -0.2) is 59.0 Å². The summed E-state index contributed by atoms with van der Waals surface area (Å²) in [5.41, 5.74) is 1.02. The second kappa shape index (κ2) is 6.97. The molecule has 1 aromatic carbocycles. The third kappa shape index (κ3) is 3.38. The van der Waals surface area contributed by atoms with Gasteiger partial charge in [-0.25, -0.2) is 4.79 Å². The number of benzene rings is 1. The molecule has 0 spiro atoms. The summed E-state index contributed by atoms with van der Waals surface area (Å²) >= 11 is 0. The number of aliphatic carboxylic acids is 1. The van der Waals surface area contributed by atoms with E-state index in [1.165, 1.54) is 4.90 Å². The largest absolute Gasteiger partial charge is 0.481 e. The number of likely N-dealkylation sites (tertiary alicyclic amines) is 2. The topological polar surface area (TPSA) is 90.0 Å². The van der Waals surface area contributed by atoms with Crippen LogP contribution in [0.3, 0.4) is 0 Å². The predicted molar refractivity (Wildman–Crippen MR) is 97.3 cm³/mol. The maximum Gasteiger partial charge on any atom is 0.321 e. The van der Waals surface area contributed by atoms with Crippen molar-refractivity contribution in [3.05, 3.63) is 29.3 Å². The maximum atomic E-state index is 12.7. The van der Waals surface area contributed by atoms with E-state index in [-0.39, 0.29) is 18.5 Å². The molecule has 140 valence electrons. The van der Waals surface area contributed by atoms with Crippen LogP contribution in [0.1, 0.15) is 42.1 Å². The van der Waals surface area contributed by atoms with E-state index >= 15 is 0 Å². The van der Waals surface area contributed by atoms with Crippen LogP contribution in [0, 0.1) is 12.3 Å². The third-order valence-electron chi connectivity index (χ3n) is 5.48. The lowest BCUT2D eigenvalue weighted by molar-refractivity contribution is -0.146. The van der Waals surface area contributed by atoms with Gasteiger partial charge >= 0.3 is 12.0 Å². The molecule has 26 heavy (non-hydrogen) atoms. The Balaban J connectivity index is 1.72. The van der Waals surface area contributed by atoms with E-state index in [0.717, 1.165) is 31.5 Å². The predicted octanol–water partition coefficient (Wildman–Crippen LogP) is 2.56. The molecule has 1 aromatic rings. The molecule has 0 saturated carbocycles. The molecule has 0 radical (unpaired) electrons. The number of nitrogens with one attached hydrogen (secondary N) is 1. The van der Waals surface area contributed by atoms with Crippen LogP contribution in [0.25, 0.3) is 0 Å². The van der Waals surface area contributed by atoms with Gasteiger partial charge in [0.1, 0.15) is 0 Å². The van der Waals surface area contributed by atoms with E-state index in [4.69, 9.17) is 0 Å². The normalized spacial score (nSPS) is 22.5. The van der Waals surface area contributed by atoms with Crippen molar-refractivity contribution in [2.75, 3.05) is 31.5 Å². The monoisotopic (exact) mass is 359 g/mol. The van der Waals surface area contributed by atoms with Gasteiger partial charge in [0.2, 0.25) is 0 Å². The summed E-state index contributed by atoms with van der Waals surface area (Å²) < 4.78 is 0. The molecule has 2 saturated heterocycles. The lowest BCUT2D eigenvalue weighted by Gasteiger charge is -2.22. The van der Waals surface area contributed by atoms with Crippen LogP contribution in [-0.2, 0) is 4.79 Å². The Labute approximate surface area is 153 Å². The molecule has 2 fully saturated rings. The van der Waals surface area contributed by atoms with Crippen LogP contribution in [0.2, 0.25) is 0 Å². The average molecular weight is 359 g/mol. The molecule has 0 bridgehead atoms. The average Bonchev–Trinajstić information content (AvgIpc) is 3.26. The molecule has 2 aliphatic heterocycles. The lowest BCUT2D eigenvalue weighted by atomic mass is 9.90. The van der Waals surface area contributed by atoms with Crippen molar-refractivity contribution in [1.29, 1.82) is 0 Å². The van der Waals surface area contributed by atoms with E-state index in [1.54, 1.807) is 25.1 Å². The molecule has 7 nitrogen and oxygen atoms in total. The molecule has 2 N–H and O–H groups in total. The fourth-order valence-electron chi connectivity index (χ4n) is 3.60. The minimum Gasteiger partial charge on any atom is -0.481 e. The number of urea groups is 1. The molecule has 3 amide bonds. The zero-order valence-electron chi connectivity index (χ0n) is 15.2. The van der Waals surface area contributed by atoms with Gasteiger partial charge in [-0.05, 0) is 50.8 Å². The second-order valence-corrected chi connectivity index (χ2v) is 7.44. The van der Waals surface area contributed by atoms with Gasteiger partial charge in [-0.2, -0.15) is 0 Å². The highest BCUT2D eigenvalue weighted by Gasteiger charge is 2.42. The van der Waals surface area contributed by atoms with E-state index in [0.29, 0.717) is 24.2 Å². The summed E-state index contributed by atoms with van der Waals surface area (Å²) in [6, 6.07) is 4.98. The van der Waals surface area contributed by atoms with Gasteiger partial charge < -0.3 is 20.2 Å². The number of hydrogen-bond donors (Lipinski definition) is 2. The number of carboxylic acid groups (broad SMARTS) is 1.